The normalized spacial score (nSPS) is 10.9. The summed E-state index contributed by atoms with van der Waals surface area (Å²) >= 11 is 7.71. The summed E-state index contributed by atoms with van der Waals surface area (Å²) in [6.45, 7) is 1.08. The molecule has 4 aromatic rings. The molecule has 0 aliphatic carbocycles. The van der Waals surface area contributed by atoms with Crippen molar-refractivity contribution in [3.63, 3.8) is 0 Å². The van der Waals surface area contributed by atoms with E-state index < -0.39 is 0 Å². The van der Waals surface area contributed by atoms with E-state index in [2.05, 4.69) is 4.57 Å². The molecule has 0 aliphatic heterocycles. The maximum Gasteiger partial charge on any atom is 0.316 e. The number of thioether (sulfide) groups is 1. The van der Waals surface area contributed by atoms with E-state index >= 15 is 0 Å². The number of ether oxygens (including phenoxy) is 2. The van der Waals surface area contributed by atoms with Gasteiger partial charge in [0.05, 0.1) is 23.3 Å². The fraction of sp³-hybridized carbons (Fsp3) is 0.167. The molecule has 0 radical (unpaired) electrons. The summed E-state index contributed by atoms with van der Waals surface area (Å²) < 4.78 is 12.9. The number of halogens is 1. The number of rotatable bonds is 9. The second-order valence-electron chi connectivity index (χ2n) is 6.73. The van der Waals surface area contributed by atoms with Gasteiger partial charge in [-0.25, -0.2) is 4.98 Å². The summed E-state index contributed by atoms with van der Waals surface area (Å²) in [5, 5.41) is 1.45. The van der Waals surface area contributed by atoms with Gasteiger partial charge in [-0.3, -0.25) is 4.79 Å². The molecule has 5 nitrogen and oxygen atoms in total. The molecule has 158 valence electrons. The smallest absolute Gasteiger partial charge is 0.316 e. The first-order valence-corrected chi connectivity index (χ1v) is 11.2. The third kappa shape index (κ3) is 5.60. The minimum atomic E-state index is -0.307. The summed E-state index contributed by atoms with van der Waals surface area (Å²) in [4.78, 5) is 16.9. The molecule has 0 fully saturated rings. The number of nitrogens with zero attached hydrogens (tertiary/aromatic N) is 2. The topological polar surface area (TPSA) is 53.4 Å². The Hall–Kier alpha value is -2.96. The molecule has 0 amide bonds. The lowest BCUT2D eigenvalue weighted by atomic mass is 10.2. The van der Waals surface area contributed by atoms with Crippen LogP contribution in [0.2, 0.25) is 5.02 Å². The highest BCUT2D eigenvalue weighted by atomic mass is 35.5. The molecule has 1 aromatic heterocycles. The molecule has 0 unspecified atom stereocenters. The zero-order valence-corrected chi connectivity index (χ0v) is 18.3. The number of para-hydroxylation sites is 3. The fourth-order valence-corrected chi connectivity index (χ4v) is 4.12. The third-order valence-electron chi connectivity index (χ3n) is 4.58. The Labute approximate surface area is 190 Å². The highest BCUT2D eigenvalue weighted by molar-refractivity contribution is 7.99. The fourth-order valence-electron chi connectivity index (χ4n) is 3.11. The van der Waals surface area contributed by atoms with Gasteiger partial charge in [0.15, 0.2) is 5.16 Å². The van der Waals surface area contributed by atoms with Crippen LogP contribution in [0.3, 0.4) is 0 Å². The minimum Gasteiger partial charge on any atom is -0.490 e. The van der Waals surface area contributed by atoms with Crippen molar-refractivity contribution in [3.05, 3.63) is 89.4 Å². The second-order valence-corrected chi connectivity index (χ2v) is 8.08. The van der Waals surface area contributed by atoms with Crippen molar-refractivity contribution in [3.8, 4) is 5.75 Å². The van der Waals surface area contributed by atoms with Gasteiger partial charge in [0.2, 0.25) is 0 Å². The Bertz CT molecular complexity index is 1160. The van der Waals surface area contributed by atoms with E-state index in [1.54, 1.807) is 0 Å². The predicted octanol–water partition coefficient (Wildman–Crippen LogP) is 5.45. The summed E-state index contributed by atoms with van der Waals surface area (Å²) in [6.07, 6.45) is 0. The number of aromatic nitrogens is 2. The standard InChI is InChI=1S/C24H21ClN2O3S/c25-20-11-5-4-8-18(20)16-27-22-13-7-6-12-21(22)26-24(27)31-17-23(28)30-15-14-29-19-9-2-1-3-10-19/h1-13H,14-17H2. The molecule has 4 rings (SSSR count). The van der Waals surface area contributed by atoms with Gasteiger partial charge in [-0.2, -0.15) is 0 Å². The Kier molecular flexibility index (Phi) is 7.12. The maximum absolute atomic E-state index is 12.2. The molecule has 0 spiro atoms. The van der Waals surface area contributed by atoms with Crippen molar-refractivity contribution in [1.29, 1.82) is 0 Å². The molecule has 0 saturated carbocycles. The molecule has 1 heterocycles. The van der Waals surface area contributed by atoms with Crippen molar-refractivity contribution < 1.29 is 14.3 Å². The van der Waals surface area contributed by atoms with Crippen molar-refractivity contribution >= 4 is 40.4 Å². The maximum atomic E-state index is 12.2. The molecule has 3 aromatic carbocycles. The van der Waals surface area contributed by atoms with E-state index in [9.17, 15) is 4.79 Å². The van der Waals surface area contributed by atoms with Crippen LogP contribution in [0, 0.1) is 0 Å². The Morgan fingerprint density at radius 3 is 2.52 bits per heavy atom. The SMILES string of the molecule is O=C(CSc1nc2ccccc2n1Cc1ccccc1Cl)OCCOc1ccccc1. The zero-order chi connectivity index (χ0) is 21.5. The van der Waals surface area contributed by atoms with E-state index in [-0.39, 0.29) is 18.3 Å². The van der Waals surface area contributed by atoms with Gasteiger partial charge in [-0.05, 0) is 35.9 Å². The molecule has 0 aliphatic rings. The molecule has 0 saturated heterocycles. The summed E-state index contributed by atoms with van der Waals surface area (Å²) in [5.74, 6) is 0.608. The second kappa shape index (κ2) is 10.4. The summed E-state index contributed by atoms with van der Waals surface area (Å²) in [5.41, 5.74) is 2.87. The predicted molar refractivity (Wildman–Crippen MR) is 124 cm³/mol. The lowest BCUT2D eigenvalue weighted by Crippen LogP contribution is -2.14. The number of imidazole rings is 1. The van der Waals surface area contributed by atoms with Crippen molar-refractivity contribution in [2.24, 2.45) is 0 Å². The van der Waals surface area contributed by atoms with Crippen LogP contribution < -0.4 is 4.74 Å². The van der Waals surface area contributed by atoms with Gasteiger partial charge in [-0.15, -0.1) is 0 Å². The average Bonchev–Trinajstić information content (AvgIpc) is 3.15. The first kappa shape index (κ1) is 21.3. The Morgan fingerprint density at radius 1 is 0.935 bits per heavy atom. The average molecular weight is 453 g/mol. The number of carbonyl (C=O) groups is 1. The van der Waals surface area contributed by atoms with Crippen LogP contribution in [-0.2, 0) is 16.1 Å². The summed E-state index contributed by atoms with van der Waals surface area (Å²) in [7, 11) is 0. The number of fused-ring (bicyclic) bond motifs is 1. The van der Waals surface area contributed by atoms with E-state index in [0.717, 1.165) is 27.5 Å². The molecular weight excluding hydrogens is 432 g/mol. The highest BCUT2D eigenvalue weighted by Crippen LogP contribution is 2.27. The van der Waals surface area contributed by atoms with Crippen molar-refractivity contribution in [2.45, 2.75) is 11.7 Å². The van der Waals surface area contributed by atoms with Crippen LogP contribution in [0.4, 0.5) is 0 Å². The van der Waals surface area contributed by atoms with Gasteiger partial charge < -0.3 is 14.0 Å². The molecular formula is C24H21ClN2O3S. The molecule has 31 heavy (non-hydrogen) atoms. The van der Waals surface area contributed by atoms with Crippen LogP contribution in [0.15, 0.2) is 84.0 Å². The molecule has 7 heteroatoms. The van der Waals surface area contributed by atoms with Crippen molar-refractivity contribution in [1.82, 2.24) is 9.55 Å². The van der Waals surface area contributed by atoms with Gasteiger partial charge in [0, 0.05) is 5.02 Å². The van der Waals surface area contributed by atoms with Crippen LogP contribution in [0.1, 0.15) is 5.56 Å². The van der Waals surface area contributed by atoms with Gasteiger partial charge in [0.1, 0.15) is 19.0 Å². The first-order chi connectivity index (χ1) is 15.2. The van der Waals surface area contributed by atoms with Gasteiger partial charge in [0.25, 0.3) is 0 Å². The number of esters is 1. The zero-order valence-electron chi connectivity index (χ0n) is 16.7. The van der Waals surface area contributed by atoms with E-state index in [0.29, 0.717) is 18.2 Å². The number of hydrogen-bond acceptors (Lipinski definition) is 5. The lowest BCUT2D eigenvalue weighted by Gasteiger charge is -2.11. The Morgan fingerprint density at radius 2 is 1.68 bits per heavy atom. The minimum absolute atomic E-state index is 0.164. The number of carbonyl (C=O) groups excluding carboxylic acids is 1. The first-order valence-electron chi connectivity index (χ1n) is 9.85. The number of hydrogen-bond donors (Lipinski definition) is 0. The lowest BCUT2D eigenvalue weighted by molar-refractivity contribution is -0.141. The van der Waals surface area contributed by atoms with E-state index in [1.165, 1.54) is 11.8 Å². The van der Waals surface area contributed by atoms with Crippen LogP contribution in [-0.4, -0.2) is 34.5 Å². The third-order valence-corrected chi connectivity index (χ3v) is 5.90. The largest absolute Gasteiger partial charge is 0.490 e. The van der Waals surface area contributed by atoms with Crippen LogP contribution in [0.25, 0.3) is 11.0 Å². The van der Waals surface area contributed by atoms with E-state index in [1.807, 2.05) is 78.9 Å². The van der Waals surface area contributed by atoms with Crippen molar-refractivity contribution in [2.75, 3.05) is 19.0 Å². The van der Waals surface area contributed by atoms with Crippen LogP contribution in [0.5, 0.6) is 5.75 Å². The Balaban J connectivity index is 1.37. The van der Waals surface area contributed by atoms with Gasteiger partial charge in [-0.1, -0.05) is 71.9 Å². The quantitative estimate of drug-likeness (QED) is 0.192. The molecule has 0 atom stereocenters. The van der Waals surface area contributed by atoms with Gasteiger partial charge >= 0.3 is 5.97 Å². The van der Waals surface area contributed by atoms with E-state index in [4.69, 9.17) is 26.1 Å². The van der Waals surface area contributed by atoms with Crippen LogP contribution >= 0.6 is 23.4 Å². The highest BCUT2D eigenvalue weighted by Gasteiger charge is 2.15. The monoisotopic (exact) mass is 452 g/mol. The summed E-state index contributed by atoms with van der Waals surface area (Å²) in [6, 6.07) is 25.1. The molecule has 0 N–H and O–H groups in total. The number of benzene rings is 3. The molecule has 0 bridgehead atoms.